The highest BCUT2D eigenvalue weighted by atomic mass is 19.3. The Morgan fingerprint density at radius 1 is 1.30 bits per heavy atom. The minimum absolute atomic E-state index is 0.227. The van der Waals surface area contributed by atoms with Crippen molar-refractivity contribution in [3.8, 4) is 0 Å². The third kappa shape index (κ3) is 2.83. The number of rotatable bonds is 4. The van der Waals surface area contributed by atoms with Crippen molar-refractivity contribution in [2.24, 2.45) is 5.92 Å². The van der Waals surface area contributed by atoms with E-state index in [0.717, 1.165) is 5.69 Å². The first-order valence-electron chi connectivity index (χ1n) is 7.15. The molecule has 0 saturated carbocycles. The number of benzene rings is 1. The van der Waals surface area contributed by atoms with Gasteiger partial charge in [0.15, 0.2) is 6.17 Å². The average molecular weight is 324 g/mol. The van der Waals surface area contributed by atoms with Crippen LogP contribution in [0.25, 0.3) is 10.9 Å². The van der Waals surface area contributed by atoms with E-state index in [1.54, 1.807) is 29.2 Å². The van der Waals surface area contributed by atoms with E-state index in [4.69, 9.17) is 4.74 Å². The minimum atomic E-state index is -2.95. The van der Waals surface area contributed by atoms with Crippen LogP contribution in [0.2, 0.25) is 0 Å². The van der Waals surface area contributed by atoms with Crippen molar-refractivity contribution >= 4 is 22.6 Å². The Morgan fingerprint density at radius 2 is 2.04 bits per heavy atom. The highest BCUT2D eigenvalue weighted by Crippen LogP contribution is 2.32. The third-order valence-electron chi connectivity index (χ3n) is 4.10. The standard InChI is InChI=1S/C16H15F3N2O2/c1-23-16(22)11-4-5-20-13-3-2-10(6-12(11)13)21-7-9(8-21)14(17)15(18)19/h2-6,9,14-15H,7-8H2,1H3. The number of fused-ring (bicyclic) bond motifs is 1. The van der Waals surface area contributed by atoms with Crippen LogP contribution in [0, 0.1) is 5.92 Å². The lowest BCUT2D eigenvalue weighted by Crippen LogP contribution is -2.52. The second kappa shape index (κ2) is 6.06. The first-order valence-corrected chi connectivity index (χ1v) is 7.15. The molecule has 0 bridgehead atoms. The Balaban J connectivity index is 1.85. The van der Waals surface area contributed by atoms with Gasteiger partial charge in [0.1, 0.15) is 0 Å². The van der Waals surface area contributed by atoms with Crippen LogP contribution >= 0.6 is 0 Å². The van der Waals surface area contributed by atoms with Crippen LogP contribution in [0.15, 0.2) is 30.5 Å². The molecule has 2 heterocycles. The fourth-order valence-electron chi connectivity index (χ4n) is 2.75. The van der Waals surface area contributed by atoms with E-state index in [0.29, 0.717) is 16.5 Å². The molecule has 1 saturated heterocycles. The zero-order valence-electron chi connectivity index (χ0n) is 12.4. The topological polar surface area (TPSA) is 42.4 Å². The van der Waals surface area contributed by atoms with Crippen LogP contribution < -0.4 is 4.90 Å². The zero-order chi connectivity index (χ0) is 16.6. The third-order valence-corrected chi connectivity index (χ3v) is 4.10. The highest BCUT2D eigenvalue weighted by Gasteiger charge is 2.38. The molecule has 1 aromatic carbocycles. The molecule has 2 aromatic rings. The quantitative estimate of drug-likeness (QED) is 0.811. The molecule has 1 unspecified atom stereocenters. The summed E-state index contributed by atoms with van der Waals surface area (Å²) in [6, 6.07) is 6.83. The van der Waals surface area contributed by atoms with Crippen LogP contribution in [0.3, 0.4) is 0 Å². The molecule has 1 aromatic heterocycles. The molecule has 7 heteroatoms. The number of methoxy groups -OCH3 is 1. The summed E-state index contributed by atoms with van der Waals surface area (Å²) in [7, 11) is 1.30. The molecule has 23 heavy (non-hydrogen) atoms. The van der Waals surface area contributed by atoms with Crippen LogP contribution in [0.1, 0.15) is 10.4 Å². The van der Waals surface area contributed by atoms with Crippen molar-refractivity contribution < 1.29 is 22.7 Å². The van der Waals surface area contributed by atoms with Gasteiger partial charge in [-0.3, -0.25) is 4.98 Å². The molecule has 1 aliphatic rings. The van der Waals surface area contributed by atoms with Crippen LogP contribution in [0.5, 0.6) is 0 Å². The van der Waals surface area contributed by atoms with Crippen molar-refractivity contribution in [2.45, 2.75) is 12.6 Å². The second-order valence-corrected chi connectivity index (χ2v) is 5.50. The summed E-state index contributed by atoms with van der Waals surface area (Å²) in [5, 5.41) is 0.617. The zero-order valence-corrected chi connectivity index (χ0v) is 12.4. The number of esters is 1. The van der Waals surface area contributed by atoms with E-state index in [1.807, 2.05) is 0 Å². The molecular weight excluding hydrogens is 309 g/mol. The number of carbonyl (C=O) groups excluding carboxylic acids is 1. The normalized spacial score (nSPS) is 16.5. The minimum Gasteiger partial charge on any atom is -0.465 e. The lowest BCUT2D eigenvalue weighted by molar-refractivity contribution is 0.00831. The molecule has 122 valence electrons. The fourth-order valence-corrected chi connectivity index (χ4v) is 2.75. The summed E-state index contributed by atoms with van der Waals surface area (Å²) in [5.74, 6) is -1.14. The van der Waals surface area contributed by atoms with Crippen molar-refractivity contribution in [3.05, 3.63) is 36.0 Å². The SMILES string of the molecule is COC(=O)c1ccnc2ccc(N3CC(C(F)C(F)F)C3)cc12. The monoisotopic (exact) mass is 324 g/mol. The van der Waals surface area contributed by atoms with E-state index in [2.05, 4.69) is 4.98 Å². The Labute approximate surface area is 130 Å². The van der Waals surface area contributed by atoms with Crippen LogP contribution in [0.4, 0.5) is 18.9 Å². The first kappa shape index (κ1) is 15.6. The molecule has 1 fully saturated rings. The van der Waals surface area contributed by atoms with Crippen molar-refractivity contribution in [2.75, 3.05) is 25.1 Å². The summed E-state index contributed by atoms with van der Waals surface area (Å²) in [6.07, 6.45) is -3.53. The number of hydrogen-bond donors (Lipinski definition) is 0. The molecule has 1 aliphatic heterocycles. The number of anilines is 1. The smallest absolute Gasteiger partial charge is 0.338 e. The number of carbonyl (C=O) groups is 1. The van der Waals surface area contributed by atoms with E-state index in [-0.39, 0.29) is 13.1 Å². The Kier molecular flexibility index (Phi) is 4.11. The Hall–Kier alpha value is -2.31. The average Bonchev–Trinajstić information content (AvgIpc) is 2.51. The van der Waals surface area contributed by atoms with Gasteiger partial charge < -0.3 is 9.64 Å². The largest absolute Gasteiger partial charge is 0.465 e. The molecule has 0 radical (unpaired) electrons. The Bertz CT molecular complexity index is 732. The first-order chi connectivity index (χ1) is 11.0. The molecule has 4 nitrogen and oxygen atoms in total. The van der Waals surface area contributed by atoms with Gasteiger partial charge in [0, 0.05) is 36.3 Å². The summed E-state index contributed by atoms with van der Waals surface area (Å²) >= 11 is 0. The molecular formula is C16H15F3N2O2. The lowest BCUT2D eigenvalue weighted by atomic mass is 9.93. The van der Waals surface area contributed by atoms with Gasteiger partial charge in [-0.1, -0.05) is 0 Å². The van der Waals surface area contributed by atoms with Gasteiger partial charge in [-0.25, -0.2) is 18.0 Å². The van der Waals surface area contributed by atoms with Gasteiger partial charge in [-0.05, 0) is 24.3 Å². The predicted octanol–water partition coefficient (Wildman–Crippen LogP) is 3.06. The highest BCUT2D eigenvalue weighted by molar-refractivity contribution is 6.04. The van der Waals surface area contributed by atoms with Crippen LogP contribution in [-0.2, 0) is 4.74 Å². The maximum Gasteiger partial charge on any atom is 0.338 e. The van der Waals surface area contributed by atoms with E-state index in [1.165, 1.54) is 13.3 Å². The maximum absolute atomic E-state index is 13.3. The van der Waals surface area contributed by atoms with E-state index < -0.39 is 24.5 Å². The van der Waals surface area contributed by atoms with Gasteiger partial charge in [-0.2, -0.15) is 0 Å². The van der Waals surface area contributed by atoms with Crippen LogP contribution in [-0.4, -0.2) is 43.7 Å². The van der Waals surface area contributed by atoms with Gasteiger partial charge in [-0.15, -0.1) is 0 Å². The molecule has 0 amide bonds. The van der Waals surface area contributed by atoms with Crippen molar-refractivity contribution in [1.82, 2.24) is 4.98 Å². The summed E-state index contributed by atoms with van der Waals surface area (Å²) in [4.78, 5) is 17.8. The van der Waals surface area contributed by atoms with Gasteiger partial charge in [0.25, 0.3) is 6.43 Å². The summed E-state index contributed by atoms with van der Waals surface area (Å²) in [5.41, 5.74) is 1.76. The number of aromatic nitrogens is 1. The molecule has 1 atom stereocenters. The predicted molar refractivity (Wildman–Crippen MR) is 79.7 cm³/mol. The van der Waals surface area contributed by atoms with Crippen molar-refractivity contribution in [3.63, 3.8) is 0 Å². The van der Waals surface area contributed by atoms with Crippen molar-refractivity contribution in [1.29, 1.82) is 0 Å². The molecule has 0 N–H and O–H groups in total. The second-order valence-electron chi connectivity index (χ2n) is 5.50. The van der Waals surface area contributed by atoms with E-state index in [9.17, 15) is 18.0 Å². The molecule has 3 rings (SSSR count). The number of nitrogens with zero attached hydrogens (tertiary/aromatic N) is 2. The molecule has 0 aliphatic carbocycles. The van der Waals surface area contributed by atoms with Gasteiger partial charge in [0.2, 0.25) is 0 Å². The fraction of sp³-hybridized carbons (Fsp3) is 0.375. The number of pyridine rings is 1. The molecule has 0 spiro atoms. The Morgan fingerprint density at radius 3 is 2.70 bits per heavy atom. The van der Waals surface area contributed by atoms with Gasteiger partial charge in [0.05, 0.1) is 18.2 Å². The lowest BCUT2D eigenvalue weighted by Gasteiger charge is -2.42. The van der Waals surface area contributed by atoms with E-state index >= 15 is 0 Å². The van der Waals surface area contributed by atoms with Gasteiger partial charge >= 0.3 is 5.97 Å². The maximum atomic E-state index is 13.3. The number of hydrogen-bond acceptors (Lipinski definition) is 4. The number of halogens is 3. The summed E-state index contributed by atoms with van der Waals surface area (Å²) < 4.78 is 42.8. The number of alkyl halides is 3. The number of ether oxygens (including phenoxy) is 1. The summed E-state index contributed by atoms with van der Waals surface area (Å²) in [6.45, 7) is 0.454.